The van der Waals surface area contributed by atoms with Crippen LogP contribution in [-0.2, 0) is 9.53 Å². The van der Waals surface area contributed by atoms with Gasteiger partial charge in [-0.25, -0.2) is 0 Å². The first-order valence-electron chi connectivity index (χ1n) is 8.75. The zero-order valence-corrected chi connectivity index (χ0v) is 15.2. The summed E-state index contributed by atoms with van der Waals surface area (Å²) < 4.78 is 5.38. The van der Waals surface area contributed by atoms with Crippen LogP contribution in [-0.4, -0.2) is 42.2 Å². The molecule has 5 nitrogen and oxygen atoms in total. The van der Waals surface area contributed by atoms with Crippen molar-refractivity contribution in [2.24, 2.45) is 5.92 Å². The average molecular weight is 367 g/mol. The lowest BCUT2D eigenvalue weighted by Gasteiger charge is -2.39. The maximum absolute atomic E-state index is 13.3. The molecule has 2 heterocycles. The first-order chi connectivity index (χ1) is 12.6. The summed E-state index contributed by atoms with van der Waals surface area (Å²) in [5.74, 6) is -0.371. The van der Waals surface area contributed by atoms with E-state index in [2.05, 4.69) is 41.5 Å². The highest BCUT2D eigenvalue weighted by Gasteiger charge is 2.39. The number of hydrogen-bond acceptors (Lipinski definition) is 3. The summed E-state index contributed by atoms with van der Waals surface area (Å²) in [4.78, 5) is 15.1. The van der Waals surface area contributed by atoms with Gasteiger partial charge in [0.25, 0.3) is 0 Å². The van der Waals surface area contributed by atoms with E-state index in [4.69, 9.17) is 17.0 Å². The lowest BCUT2D eigenvalue weighted by atomic mass is 9.85. The number of hydrogen-bond donors (Lipinski definition) is 2. The minimum Gasteiger partial charge on any atom is -0.378 e. The Morgan fingerprint density at radius 2 is 1.88 bits per heavy atom. The van der Waals surface area contributed by atoms with Gasteiger partial charge in [-0.3, -0.25) is 4.79 Å². The van der Waals surface area contributed by atoms with Gasteiger partial charge in [-0.1, -0.05) is 49.0 Å². The van der Waals surface area contributed by atoms with Gasteiger partial charge < -0.3 is 20.3 Å². The number of nitrogens with zero attached hydrogens (tertiary/aromatic N) is 1. The third-order valence-electron chi connectivity index (χ3n) is 5.02. The zero-order valence-electron chi connectivity index (χ0n) is 14.4. The van der Waals surface area contributed by atoms with E-state index in [1.165, 1.54) is 0 Å². The third-order valence-corrected chi connectivity index (χ3v) is 5.24. The van der Waals surface area contributed by atoms with Gasteiger partial charge in [0.05, 0.1) is 19.3 Å². The number of thiocarbonyl (C=S) groups is 1. The molecule has 2 fully saturated rings. The second kappa shape index (κ2) is 7.05. The van der Waals surface area contributed by atoms with E-state index in [1.54, 1.807) is 0 Å². The van der Waals surface area contributed by atoms with E-state index in [1.807, 2.05) is 23.1 Å². The molecular weight excluding hydrogens is 346 g/mol. The molecule has 2 aliphatic rings. The van der Waals surface area contributed by atoms with Crippen LogP contribution >= 0.6 is 12.2 Å². The fourth-order valence-corrected chi connectivity index (χ4v) is 3.99. The van der Waals surface area contributed by atoms with E-state index >= 15 is 0 Å². The molecule has 2 aliphatic heterocycles. The number of morpholine rings is 1. The minimum atomic E-state index is -0.425. The van der Waals surface area contributed by atoms with Crippen molar-refractivity contribution in [2.45, 2.75) is 6.04 Å². The predicted octanol–water partition coefficient (Wildman–Crippen LogP) is 2.35. The molecular formula is C20H21N3O2S. The molecule has 4 rings (SSSR count). The fourth-order valence-electron chi connectivity index (χ4n) is 3.74. The monoisotopic (exact) mass is 367 g/mol. The summed E-state index contributed by atoms with van der Waals surface area (Å²) in [7, 11) is 0. The molecule has 2 atom stereocenters. The summed E-state index contributed by atoms with van der Waals surface area (Å²) in [6, 6.07) is 14.1. The SMILES string of the molecule is C=C1NC(=S)N[C@H](c2cccc3ccccc23)[C@H]1C(=O)N1CCOCC1. The van der Waals surface area contributed by atoms with Crippen LogP contribution in [0.25, 0.3) is 10.8 Å². The molecule has 2 aromatic carbocycles. The van der Waals surface area contributed by atoms with Gasteiger partial charge in [0.2, 0.25) is 5.91 Å². The molecule has 2 aromatic rings. The molecule has 0 unspecified atom stereocenters. The second-order valence-corrected chi connectivity index (χ2v) is 6.99. The highest BCUT2D eigenvalue weighted by molar-refractivity contribution is 7.80. The van der Waals surface area contributed by atoms with Crippen molar-refractivity contribution in [1.29, 1.82) is 0 Å². The number of amides is 1. The zero-order chi connectivity index (χ0) is 18.1. The topological polar surface area (TPSA) is 53.6 Å². The number of carbonyl (C=O) groups excluding carboxylic acids is 1. The Morgan fingerprint density at radius 3 is 2.69 bits per heavy atom. The van der Waals surface area contributed by atoms with Crippen molar-refractivity contribution >= 4 is 34.0 Å². The lowest BCUT2D eigenvalue weighted by Crippen LogP contribution is -2.55. The van der Waals surface area contributed by atoms with Crippen molar-refractivity contribution < 1.29 is 9.53 Å². The quantitative estimate of drug-likeness (QED) is 0.798. The Kier molecular flexibility index (Phi) is 4.61. The van der Waals surface area contributed by atoms with E-state index in [-0.39, 0.29) is 11.9 Å². The van der Waals surface area contributed by atoms with Crippen molar-refractivity contribution in [3.05, 3.63) is 60.3 Å². The van der Waals surface area contributed by atoms with Crippen LogP contribution in [0.2, 0.25) is 0 Å². The van der Waals surface area contributed by atoms with Crippen molar-refractivity contribution in [1.82, 2.24) is 15.5 Å². The summed E-state index contributed by atoms with van der Waals surface area (Å²) in [5.41, 5.74) is 1.70. The van der Waals surface area contributed by atoms with Gasteiger partial charge in [-0.05, 0) is 28.6 Å². The Bertz CT molecular complexity index is 871. The van der Waals surface area contributed by atoms with Crippen LogP contribution in [0.1, 0.15) is 11.6 Å². The van der Waals surface area contributed by atoms with Gasteiger partial charge in [0.15, 0.2) is 5.11 Å². The number of carbonyl (C=O) groups is 1. The Morgan fingerprint density at radius 1 is 1.15 bits per heavy atom. The van der Waals surface area contributed by atoms with Crippen LogP contribution in [0.4, 0.5) is 0 Å². The molecule has 0 spiro atoms. The molecule has 26 heavy (non-hydrogen) atoms. The van der Waals surface area contributed by atoms with Crippen LogP contribution in [0, 0.1) is 5.92 Å². The van der Waals surface area contributed by atoms with Gasteiger partial charge in [0, 0.05) is 18.8 Å². The number of rotatable bonds is 2. The summed E-state index contributed by atoms with van der Waals surface area (Å²) >= 11 is 5.35. The molecule has 2 saturated heterocycles. The summed E-state index contributed by atoms with van der Waals surface area (Å²) in [6.07, 6.45) is 0. The molecule has 0 aromatic heterocycles. The number of nitrogens with one attached hydrogen (secondary N) is 2. The molecule has 6 heteroatoms. The Labute approximate surface area is 158 Å². The standard InChI is InChI=1S/C20H21N3O2S/c1-13-17(19(24)23-9-11-25-12-10-23)18(22-20(26)21-13)16-8-4-6-14-5-2-3-7-15(14)16/h2-8,17-18H,1,9-12H2,(H2,21,22,26)/t17-,18+/m0/s1. The van der Waals surface area contributed by atoms with Crippen LogP contribution in [0.3, 0.4) is 0 Å². The normalized spacial score (nSPS) is 23.5. The molecule has 2 N–H and O–H groups in total. The van der Waals surface area contributed by atoms with Crippen LogP contribution in [0.5, 0.6) is 0 Å². The molecule has 0 radical (unpaired) electrons. The molecule has 0 saturated carbocycles. The van der Waals surface area contributed by atoms with E-state index in [9.17, 15) is 4.79 Å². The van der Waals surface area contributed by atoms with Crippen molar-refractivity contribution in [3.8, 4) is 0 Å². The van der Waals surface area contributed by atoms with Crippen LogP contribution < -0.4 is 10.6 Å². The summed E-state index contributed by atoms with van der Waals surface area (Å²) in [6.45, 7) is 6.46. The van der Waals surface area contributed by atoms with E-state index in [0.29, 0.717) is 37.1 Å². The fraction of sp³-hybridized carbons (Fsp3) is 0.300. The number of ether oxygens (including phenoxy) is 1. The Balaban J connectivity index is 1.76. The smallest absolute Gasteiger partial charge is 0.234 e. The molecule has 0 bridgehead atoms. The van der Waals surface area contributed by atoms with E-state index in [0.717, 1.165) is 16.3 Å². The predicted molar refractivity (Wildman–Crippen MR) is 106 cm³/mol. The maximum atomic E-state index is 13.3. The average Bonchev–Trinajstić information content (AvgIpc) is 2.67. The first kappa shape index (κ1) is 17.0. The van der Waals surface area contributed by atoms with Crippen molar-refractivity contribution in [2.75, 3.05) is 26.3 Å². The molecule has 134 valence electrons. The molecule has 1 amide bonds. The Hall–Kier alpha value is -2.44. The van der Waals surface area contributed by atoms with Gasteiger partial charge in [0.1, 0.15) is 5.92 Å². The molecule has 0 aliphatic carbocycles. The maximum Gasteiger partial charge on any atom is 0.234 e. The van der Waals surface area contributed by atoms with Gasteiger partial charge >= 0.3 is 0 Å². The van der Waals surface area contributed by atoms with Gasteiger partial charge in [-0.15, -0.1) is 0 Å². The van der Waals surface area contributed by atoms with Gasteiger partial charge in [-0.2, -0.15) is 0 Å². The van der Waals surface area contributed by atoms with Crippen molar-refractivity contribution in [3.63, 3.8) is 0 Å². The largest absolute Gasteiger partial charge is 0.378 e. The van der Waals surface area contributed by atoms with E-state index < -0.39 is 5.92 Å². The second-order valence-electron chi connectivity index (χ2n) is 6.59. The lowest BCUT2D eigenvalue weighted by molar-refractivity contribution is -0.139. The number of benzene rings is 2. The first-order valence-corrected chi connectivity index (χ1v) is 9.16. The summed E-state index contributed by atoms with van der Waals surface area (Å²) in [5, 5.41) is 9.10. The van der Waals surface area contributed by atoms with Crippen LogP contribution in [0.15, 0.2) is 54.7 Å². The third kappa shape index (κ3) is 3.06. The highest BCUT2D eigenvalue weighted by atomic mass is 32.1. The highest BCUT2D eigenvalue weighted by Crippen LogP contribution is 2.35. The number of fused-ring (bicyclic) bond motifs is 1. The minimum absolute atomic E-state index is 0.0544.